The molecule has 3 aromatic rings. The topological polar surface area (TPSA) is 67.2 Å². The molecule has 6 nitrogen and oxygen atoms in total. The van der Waals surface area contributed by atoms with Crippen LogP contribution in [0.25, 0.3) is 0 Å². The van der Waals surface area contributed by atoms with Crippen LogP contribution >= 0.6 is 0 Å². The van der Waals surface area contributed by atoms with E-state index in [1.54, 1.807) is 36.8 Å². The predicted molar refractivity (Wildman–Crippen MR) is 108 cm³/mol. The number of nitrogens with zero attached hydrogens (tertiary/aromatic N) is 3. The van der Waals surface area contributed by atoms with Crippen molar-refractivity contribution in [2.45, 2.75) is 32.4 Å². The smallest absolute Gasteiger partial charge is 0.258 e. The van der Waals surface area contributed by atoms with Crippen molar-refractivity contribution in [1.29, 1.82) is 0 Å². The van der Waals surface area contributed by atoms with Gasteiger partial charge in [0.2, 0.25) is 5.91 Å². The number of aryl methyl sites for hydroxylation is 1. The third kappa shape index (κ3) is 3.67. The zero-order chi connectivity index (χ0) is 19.5. The molecule has 0 radical (unpaired) electrons. The third-order valence-corrected chi connectivity index (χ3v) is 4.98. The predicted octanol–water partition coefficient (Wildman–Crippen LogP) is 3.50. The van der Waals surface area contributed by atoms with Crippen LogP contribution in [0.5, 0.6) is 0 Å². The average molecular weight is 374 g/mol. The number of rotatable bonds is 5. The normalized spacial score (nSPS) is 15.3. The minimum atomic E-state index is -0.0989. The zero-order valence-electron chi connectivity index (χ0n) is 15.7. The van der Waals surface area contributed by atoms with Gasteiger partial charge in [0.05, 0.1) is 6.33 Å². The molecule has 0 saturated carbocycles. The molecule has 0 bridgehead atoms. The minimum Gasteiger partial charge on any atom is -0.337 e. The number of fused-ring (bicyclic) bond motifs is 1. The number of imidazole rings is 1. The highest BCUT2D eigenvalue weighted by Gasteiger charge is 2.31. The molecule has 0 fully saturated rings. The van der Waals surface area contributed by atoms with E-state index in [1.165, 1.54) is 5.56 Å². The molecule has 4 rings (SSSR count). The van der Waals surface area contributed by atoms with Crippen molar-refractivity contribution in [2.24, 2.45) is 0 Å². The van der Waals surface area contributed by atoms with Gasteiger partial charge in [0, 0.05) is 48.3 Å². The summed E-state index contributed by atoms with van der Waals surface area (Å²) in [5.41, 5.74) is 3.35. The summed E-state index contributed by atoms with van der Waals surface area (Å²) < 4.78 is 1.85. The summed E-state index contributed by atoms with van der Waals surface area (Å²) in [5.74, 6) is -0.148. The first-order valence-corrected chi connectivity index (χ1v) is 9.39. The van der Waals surface area contributed by atoms with E-state index in [-0.39, 0.29) is 17.9 Å². The Morgan fingerprint density at radius 1 is 1.18 bits per heavy atom. The molecule has 0 saturated heterocycles. The first-order chi connectivity index (χ1) is 13.6. The van der Waals surface area contributed by atoms with Gasteiger partial charge in [-0.05, 0) is 43.2 Å². The summed E-state index contributed by atoms with van der Waals surface area (Å²) in [7, 11) is 0. The Labute approximate surface area is 163 Å². The molecule has 1 unspecified atom stereocenters. The van der Waals surface area contributed by atoms with Crippen molar-refractivity contribution < 1.29 is 9.59 Å². The van der Waals surface area contributed by atoms with E-state index in [2.05, 4.69) is 23.3 Å². The molecular formula is C22H22N4O2. The highest BCUT2D eigenvalue weighted by molar-refractivity contribution is 6.08. The number of amides is 2. The van der Waals surface area contributed by atoms with Gasteiger partial charge in [0.25, 0.3) is 5.91 Å². The van der Waals surface area contributed by atoms with Crippen LogP contribution in [-0.2, 0) is 17.8 Å². The van der Waals surface area contributed by atoms with Crippen LogP contribution in [0.2, 0.25) is 0 Å². The average Bonchev–Trinajstić information content (AvgIpc) is 3.33. The Balaban J connectivity index is 1.46. The molecule has 28 heavy (non-hydrogen) atoms. The van der Waals surface area contributed by atoms with Crippen molar-refractivity contribution in [3.05, 3.63) is 78.4 Å². The molecule has 6 heteroatoms. The molecule has 0 aliphatic carbocycles. The van der Waals surface area contributed by atoms with Gasteiger partial charge >= 0.3 is 0 Å². The van der Waals surface area contributed by atoms with Crippen LogP contribution in [0.15, 0.2) is 67.3 Å². The van der Waals surface area contributed by atoms with Crippen molar-refractivity contribution in [2.75, 3.05) is 10.2 Å². The standard InChI is InChI=1S/C22H22N4O2/c1-16-13-17-5-2-3-8-20(17)26(16)22(28)18-6-4-7-19(14-18)24-21(27)9-11-25-12-10-23-15-25/h2-8,10,12,14-16H,9,11,13H2,1H3,(H,24,27). The quantitative estimate of drug-likeness (QED) is 0.743. The van der Waals surface area contributed by atoms with Crippen LogP contribution < -0.4 is 10.2 Å². The lowest BCUT2D eigenvalue weighted by Crippen LogP contribution is -2.35. The van der Waals surface area contributed by atoms with E-state index in [4.69, 9.17) is 0 Å². The monoisotopic (exact) mass is 374 g/mol. The van der Waals surface area contributed by atoms with E-state index in [0.29, 0.717) is 24.2 Å². The van der Waals surface area contributed by atoms with Crippen molar-refractivity contribution in [3.8, 4) is 0 Å². The zero-order valence-corrected chi connectivity index (χ0v) is 15.7. The highest BCUT2D eigenvalue weighted by atomic mass is 16.2. The van der Waals surface area contributed by atoms with Crippen LogP contribution in [-0.4, -0.2) is 27.4 Å². The fourth-order valence-corrected chi connectivity index (χ4v) is 3.62. The second-order valence-corrected chi connectivity index (χ2v) is 7.04. The Hall–Kier alpha value is -3.41. The molecule has 2 aromatic carbocycles. The molecule has 1 aliphatic heterocycles. The van der Waals surface area contributed by atoms with E-state index >= 15 is 0 Å². The third-order valence-electron chi connectivity index (χ3n) is 4.98. The van der Waals surface area contributed by atoms with Gasteiger partial charge < -0.3 is 14.8 Å². The summed E-state index contributed by atoms with van der Waals surface area (Å²) in [6, 6.07) is 15.2. The van der Waals surface area contributed by atoms with Gasteiger partial charge in [-0.15, -0.1) is 0 Å². The first kappa shape index (κ1) is 18.0. The summed E-state index contributed by atoms with van der Waals surface area (Å²) in [6.45, 7) is 2.62. The largest absolute Gasteiger partial charge is 0.337 e. The Morgan fingerprint density at radius 2 is 2.04 bits per heavy atom. The maximum absolute atomic E-state index is 13.1. The summed E-state index contributed by atoms with van der Waals surface area (Å²) in [6.07, 6.45) is 6.38. The molecule has 1 N–H and O–H groups in total. The van der Waals surface area contributed by atoms with Gasteiger partial charge in [-0.3, -0.25) is 9.59 Å². The molecule has 1 aromatic heterocycles. The summed E-state index contributed by atoms with van der Waals surface area (Å²) in [4.78, 5) is 31.2. The number of aromatic nitrogens is 2. The number of para-hydroxylation sites is 1. The minimum absolute atomic E-state index is 0.0491. The number of nitrogens with one attached hydrogen (secondary N) is 1. The molecule has 0 spiro atoms. The van der Waals surface area contributed by atoms with Crippen LogP contribution in [0.1, 0.15) is 29.3 Å². The molecule has 1 aliphatic rings. The Kier molecular flexibility index (Phi) is 4.93. The Bertz CT molecular complexity index is 997. The van der Waals surface area contributed by atoms with Crippen LogP contribution in [0.4, 0.5) is 11.4 Å². The fraction of sp³-hybridized carbons (Fsp3) is 0.227. The van der Waals surface area contributed by atoms with Crippen LogP contribution in [0.3, 0.4) is 0 Å². The number of hydrogen-bond donors (Lipinski definition) is 1. The number of hydrogen-bond acceptors (Lipinski definition) is 3. The number of benzene rings is 2. The van der Waals surface area contributed by atoms with Crippen LogP contribution in [0, 0.1) is 0 Å². The maximum atomic E-state index is 13.1. The van der Waals surface area contributed by atoms with Crippen molar-refractivity contribution in [3.63, 3.8) is 0 Å². The summed E-state index contributed by atoms with van der Waals surface area (Å²) in [5, 5.41) is 2.88. The number of anilines is 2. The lowest BCUT2D eigenvalue weighted by Gasteiger charge is -2.23. The lowest BCUT2D eigenvalue weighted by atomic mass is 10.1. The number of carbonyl (C=O) groups is 2. The van der Waals surface area contributed by atoms with Crippen molar-refractivity contribution in [1.82, 2.24) is 9.55 Å². The highest BCUT2D eigenvalue weighted by Crippen LogP contribution is 2.33. The lowest BCUT2D eigenvalue weighted by molar-refractivity contribution is -0.116. The Morgan fingerprint density at radius 3 is 2.86 bits per heavy atom. The number of carbonyl (C=O) groups excluding carboxylic acids is 2. The van der Waals surface area contributed by atoms with Crippen molar-refractivity contribution >= 4 is 23.2 Å². The molecule has 2 heterocycles. The summed E-state index contributed by atoms with van der Waals surface area (Å²) >= 11 is 0. The van der Waals surface area contributed by atoms with Gasteiger partial charge in [-0.25, -0.2) is 4.98 Å². The second kappa shape index (κ2) is 7.68. The molecule has 2 amide bonds. The van der Waals surface area contributed by atoms with Gasteiger partial charge in [-0.1, -0.05) is 24.3 Å². The van der Waals surface area contributed by atoms with Gasteiger partial charge in [-0.2, -0.15) is 0 Å². The molecular weight excluding hydrogens is 352 g/mol. The fourth-order valence-electron chi connectivity index (χ4n) is 3.62. The van der Waals surface area contributed by atoms with E-state index < -0.39 is 0 Å². The van der Waals surface area contributed by atoms with E-state index in [9.17, 15) is 9.59 Å². The maximum Gasteiger partial charge on any atom is 0.258 e. The first-order valence-electron chi connectivity index (χ1n) is 9.39. The van der Waals surface area contributed by atoms with E-state index in [0.717, 1.165) is 12.1 Å². The second-order valence-electron chi connectivity index (χ2n) is 7.04. The van der Waals surface area contributed by atoms with E-state index in [1.807, 2.05) is 33.9 Å². The van der Waals surface area contributed by atoms with Gasteiger partial charge in [0.1, 0.15) is 0 Å². The molecule has 1 atom stereocenters. The SMILES string of the molecule is CC1Cc2ccccc2N1C(=O)c1cccc(NC(=O)CCn2ccnc2)c1. The van der Waals surface area contributed by atoms with Gasteiger partial charge in [0.15, 0.2) is 0 Å². The molecule has 142 valence electrons.